The van der Waals surface area contributed by atoms with E-state index in [1.807, 2.05) is 42.5 Å². The number of para-hydroxylation sites is 1. The summed E-state index contributed by atoms with van der Waals surface area (Å²) in [5.41, 5.74) is 5.93. The Kier molecular flexibility index (Phi) is 5.31. The van der Waals surface area contributed by atoms with Gasteiger partial charge in [0.2, 0.25) is 0 Å². The normalized spacial score (nSPS) is 11.0. The van der Waals surface area contributed by atoms with Crippen LogP contribution < -0.4 is 16.6 Å². The van der Waals surface area contributed by atoms with Crippen molar-refractivity contribution in [1.29, 1.82) is 0 Å². The van der Waals surface area contributed by atoms with Gasteiger partial charge < -0.3 is 5.32 Å². The van der Waals surface area contributed by atoms with Crippen LogP contribution in [0.2, 0.25) is 0 Å². The van der Waals surface area contributed by atoms with Gasteiger partial charge in [0, 0.05) is 28.5 Å². The van der Waals surface area contributed by atoms with Crippen LogP contribution in [-0.4, -0.2) is 27.1 Å². The number of nitrogens with two attached hydrogens (primary N) is 1. The van der Waals surface area contributed by atoms with Gasteiger partial charge in [0.1, 0.15) is 0 Å². The third-order valence-corrected chi connectivity index (χ3v) is 4.49. The summed E-state index contributed by atoms with van der Waals surface area (Å²) >= 11 is 0. The van der Waals surface area contributed by atoms with E-state index >= 15 is 0 Å². The van der Waals surface area contributed by atoms with Crippen LogP contribution in [-0.2, 0) is 0 Å². The Labute approximate surface area is 172 Å². The Bertz CT molecular complexity index is 1250. The van der Waals surface area contributed by atoms with Crippen LogP contribution in [0.5, 0.6) is 0 Å². The summed E-state index contributed by atoms with van der Waals surface area (Å²) in [5.74, 6) is 5.33. The van der Waals surface area contributed by atoms with Gasteiger partial charge in [-0.05, 0) is 54.6 Å². The lowest BCUT2D eigenvalue weighted by atomic mass is 10.1. The van der Waals surface area contributed by atoms with Crippen molar-refractivity contribution in [3.8, 4) is 0 Å². The summed E-state index contributed by atoms with van der Waals surface area (Å²) in [7, 11) is 0. The maximum atomic E-state index is 12.2. The molecule has 0 unspecified atom stereocenters. The van der Waals surface area contributed by atoms with E-state index in [-0.39, 0.29) is 0 Å². The number of rotatable bonds is 5. The average Bonchev–Trinajstić information content (AvgIpc) is 3.16. The molecule has 0 saturated heterocycles. The third-order valence-electron chi connectivity index (χ3n) is 4.49. The molecule has 8 nitrogen and oxygen atoms in total. The first kappa shape index (κ1) is 19.0. The number of aromatic nitrogens is 3. The molecule has 0 spiro atoms. The van der Waals surface area contributed by atoms with E-state index in [1.54, 1.807) is 36.5 Å². The van der Waals surface area contributed by atoms with Crippen molar-refractivity contribution >= 4 is 46.7 Å². The molecule has 0 aliphatic heterocycles. The maximum absolute atomic E-state index is 12.2. The number of carbonyl (C=O) groups is 2. The van der Waals surface area contributed by atoms with Gasteiger partial charge in [-0.2, -0.15) is 9.78 Å². The lowest BCUT2D eigenvalue weighted by molar-refractivity contribution is 0.112. The number of pyridine rings is 1. The quantitative estimate of drug-likeness (QED) is 0.205. The molecule has 8 heteroatoms. The topological polar surface area (TPSA) is 115 Å². The van der Waals surface area contributed by atoms with Crippen LogP contribution >= 0.6 is 0 Å². The number of hydrogen-bond donors (Lipinski definition) is 3. The highest BCUT2D eigenvalue weighted by Gasteiger charge is 2.14. The first-order valence-corrected chi connectivity index (χ1v) is 9.13. The highest BCUT2D eigenvalue weighted by Crippen LogP contribution is 2.27. The minimum atomic E-state index is -0.567. The number of nitrogens with zero attached hydrogens (tertiary/aromatic N) is 3. The molecule has 0 atom stereocenters. The average molecular weight is 398 g/mol. The van der Waals surface area contributed by atoms with Crippen molar-refractivity contribution in [1.82, 2.24) is 20.2 Å². The van der Waals surface area contributed by atoms with Crippen molar-refractivity contribution in [3.05, 3.63) is 83.8 Å². The fourth-order valence-corrected chi connectivity index (χ4v) is 3.06. The molecule has 4 N–H and O–H groups in total. The molecule has 2 aromatic heterocycles. The number of amides is 1. The van der Waals surface area contributed by atoms with Crippen LogP contribution in [0.4, 0.5) is 16.2 Å². The molecule has 30 heavy (non-hydrogen) atoms. The predicted octanol–water partition coefficient (Wildman–Crippen LogP) is 3.59. The molecule has 0 saturated carbocycles. The number of carbonyl (C=O) groups excluding carboxylic acids is 2. The summed E-state index contributed by atoms with van der Waals surface area (Å²) < 4.78 is 1.20. The molecule has 2 aromatic carbocycles. The summed E-state index contributed by atoms with van der Waals surface area (Å²) in [6.07, 6.45) is 6.10. The van der Waals surface area contributed by atoms with Crippen molar-refractivity contribution in [3.63, 3.8) is 0 Å². The Morgan fingerprint density at radius 2 is 1.87 bits per heavy atom. The second-order valence-corrected chi connectivity index (χ2v) is 6.40. The minimum absolute atomic E-state index is 0.532. The molecule has 2 heterocycles. The zero-order valence-electron chi connectivity index (χ0n) is 15.8. The number of anilines is 2. The van der Waals surface area contributed by atoms with E-state index in [4.69, 9.17) is 5.84 Å². The summed E-state index contributed by atoms with van der Waals surface area (Å²) in [6.45, 7) is 0. The van der Waals surface area contributed by atoms with Crippen molar-refractivity contribution < 1.29 is 9.59 Å². The lowest BCUT2D eigenvalue weighted by Gasteiger charge is -2.09. The minimum Gasteiger partial charge on any atom is -0.355 e. The van der Waals surface area contributed by atoms with E-state index in [9.17, 15) is 9.59 Å². The third kappa shape index (κ3) is 3.80. The number of benzene rings is 2. The number of fused-ring (bicyclic) bond motifs is 1. The predicted molar refractivity (Wildman–Crippen MR) is 116 cm³/mol. The van der Waals surface area contributed by atoms with Crippen LogP contribution in [0.25, 0.3) is 23.1 Å². The van der Waals surface area contributed by atoms with Crippen molar-refractivity contribution in [2.75, 3.05) is 5.32 Å². The molecule has 4 aromatic rings. The van der Waals surface area contributed by atoms with E-state index < -0.39 is 6.03 Å². The zero-order valence-corrected chi connectivity index (χ0v) is 15.8. The van der Waals surface area contributed by atoms with Crippen LogP contribution in [0.1, 0.15) is 21.7 Å². The standard InChI is InChI=1S/C22H18N6O2/c23-26-22(30)28-21-13-17(25-19-7-2-1-5-15(19)14-29)8-10-18(21)20(27-28)11-9-16-6-3-4-12-24-16/h1-14,25H,23H2,(H,26,30). The SMILES string of the molecule is NNC(=O)n1nc(C=Cc2ccccn2)c2ccc(Nc3ccccc3C=O)cc21. The highest BCUT2D eigenvalue weighted by atomic mass is 16.2. The number of aldehydes is 1. The summed E-state index contributed by atoms with van der Waals surface area (Å²) in [6, 6.07) is 17.7. The second-order valence-electron chi connectivity index (χ2n) is 6.40. The van der Waals surface area contributed by atoms with Gasteiger partial charge in [-0.1, -0.05) is 18.2 Å². The van der Waals surface area contributed by atoms with Gasteiger partial charge in [-0.15, -0.1) is 0 Å². The van der Waals surface area contributed by atoms with E-state index in [1.165, 1.54) is 4.68 Å². The highest BCUT2D eigenvalue weighted by molar-refractivity contribution is 5.97. The summed E-state index contributed by atoms with van der Waals surface area (Å²) in [4.78, 5) is 27.8. The van der Waals surface area contributed by atoms with Crippen molar-refractivity contribution in [2.24, 2.45) is 5.84 Å². The molecule has 0 aliphatic carbocycles. The van der Waals surface area contributed by atoms with Gasteiger partial charge in [0.05, 0.1) is 16.9 Å². The first-order chi connectivity index (χ1) is 14.7. The molecule has 0 radical (unpaired) electrons. The second kappa shape index (κ2) is 8.38. The molecule has 4 rings (SSSR count). The van der Waals surface area contributed by atoms with Gasteiger partial charge in [-0.3, -0.25) is 15.2 Å². The van der Waals surface area contributed by atoms with Gasteiger partial charge >= 0.3 is 6.03 Å². The lowest BCUT2D eigenvalue weighted by Crippen LogP contribution is -2.34. The Morgan fingerprint density at radius 3 is 2.63 bits per heavy atom. The fourth-order valence-electron chi connectivity index (χ4n) is 3.06. The first-order valence-electron chi connectivity index (χ1n) is 9.13. The molecule has 0 bridgehead atoms. The molecule has 0 aliphatic rings. The number of nitrogen functional groups attached to an aromatic ring is 1. The molecular weight excluding hydrogens is 380 g/mol. The van der Waals surface area contributed by atoms with Gasteiger partial charge in [-0.25, -0.2) is 10.6 Å². The molecule has 1 amide bonds. The number of hydrogen-bond acceptors (Lipinski definition) is 6. The van der Waals surface area contributed by atoms with Crippen LogP contribution in [0, 0.1) is 0 Å². The van der Waals surface area contributed by atoms with E-state index in [0.29, 0.717) is 28.1 Å². The largest absolute Gasteiger partial charge is 0.356 e. The van der Waals surface area contributed by atoms with E-state index in [0.717, 1.165) is 17.4 Å². The van der Waals surface area contributed by atoms with Crippen LogP contribution in [0.15, 0.2) is 66.9 Å². The number of nitrogens with one attached hydrogen (secondary N) is 2. The molecular formula is C22H18N6O2. The Hall–Kier alpha value is -4.30. The molecule has 0 fully saturated rings. The van der Waals surface area contributed by atoms with Gasteiger partial charge in [0.15, 0.2) is 6.29 Å². The Balaban J connectivity index is 1.76. The smallest absolute Gasteiger partial charge is 0.355 e. The van der Waals surface area contributed by atoms with Crippen LogP contribution in [0.3, 0.4) is 0 Å². The Morgan fingerprint density at radius 1 is 1.03 bits per heavy atom. The summed E-state index contributed by atoms with van der Waals surface area (Å²) in [5, 5.41) is 8.35. The van der Waals surface area contributed by atoms with E-state index in [2.05, 4.69) is 20.8 Å². The monoisotopic (exact) mass is 398 g/mol. The molecule has 148 valence electrons. The van der Waals surface area contributed by atoms with Crippen molar-refractivity contribution in [2.45, 2.75) is 0 Å². The van der Waals surface area contributed by atoms with Gasteiger partial charge in [0.25, 0.3) is 0 Å². The fraction of sp³-hybridized carbons (Fsp3) is 0. The number of hydrazine groups is 1. The maximum Gasteiger partial charge on any atom is 0.356 e. The zero-order chi connectivity index (χ0) is 20.9.